The van der Waals surface area contributed by atoms with E-state index in [1.165, 1.54) is 7.11 Å². The molecule has 0 aromatic rings. The van der Waals surface area contributed by atoms with E-state index in [2.05, 4.69) is 11.3 Å². The smallest absolute Gasteiger partial charge is 0.394 e. The third kappa shape index (κ3) is 18.8. The zero-order valence-electron chi connectivity index (χ0n) is 9.50. The van der Waals surface area contributed by atoms with Crippen LogP contribution in [0.1, 0.15) is 6.42 Å². The molecule has 0 fully saturated rings. The summed E-state index contributed by atoms with van der Waals surface area (Å²) in [6.07, 6.45) is 0.666. The number of hydrogen-bond acceptors (Lipinski definition) is 5. The maximum atomic E-state index is 10.8. The molecule has 0 heterocycles. The van der Waals surface area contributed by atoms with Gasteiger partial charge in [-0.05, 0) is 20.5 Å². The number of ether oxygens (including phenoxy) is 1. The highest BCUT2D eigenvalue weighted by atomic mass is 32.3. The minimum atomic E-state index is -4.67. The largest absolute Gasteiger partial charge is 0.466 e. The molecule has 0 radical (unpaired) electrons. The predicted molar refractivity (Wildman–Crippen MR) is 58.5 cm³/mol. The number of carbonyl (C=O) groups excluding carboxylic acids is 1. The summed E-state index contributed by atoms with van der Waals surface area (Å²) < 4.78 is 36.1. The van der Waals surface area contributed by atoms with Gasteiger partial charge in [0.05, 0.1) is 7.11 Å². The molecule has 0 aromatic heterocycles. The minimum Gasteiger partial charge on any atom is -0.466 e. The molecule has 8 heteroatoms. The molecular formula is C8H17NO6S. The Morgan fingerprint density at radius 3 is 2.00 bits per heavy atom. The Morgan fingerprint density at radius 1 is 1.38 bits per heavy atom. The van der Waals surface area contributed by atoms with Gasteiger partial charge < -0.3 is 9.64 Å². The van der Waals surface area contributed by atoms with E-state index in [1.807, 2.05) is 19.0 Å². The van der Waals surface area contributed by atoms with Crippen LogP contribution in [0.25, 0.3) is 0 Å². The van der Waals surface area contributed by atoms with E-state index in [4.69, 9.17) is 17.5 Å². The Labute approximate surface area is 95.3 Å². The van der Waals surface area contributed by atoms with Crippen LogP contribution in [-0.4, -0.2) is 56.1 Å². The second-order valence-corrected chi connectivity index (χ2v) is 3.99. The van der Waals surface area contributed by atoms with Crippen molar-refractivity contribution in [3.05, 3.63) is 12.2 Å². The van der Waals surface area contributed by atoms with Crippen LogP contribution in [-0.2, 0) is 19.9 Å². The van der Waals surface area contributed by atoms with Crippen LogP contribution in [0, 0.1) is 0 Å². The molecule has 0 saturated carbocycles. The lowest BCUT2D eigenvalue weighted by Gasteiger charge is -2.09. The molecule has 7 nitrogen and oxygen atoms in total. The topological polar surface area (TPSA) is 104 Å². The van der Waals surface area contributed by atoms with Gasteiger partial charge in [-0.1, -0.05) is 6.58 Å². The zero-order chi connectivity index (χ0) is 13.4. The summed E-state index contributed by atoms with van der Waals surface area (Å²) in [5, 5.41) is 0. The first-order valence-electron chi connectivity index (χ1n) is 4.18. The highest BCUT2D eigenvalue weighted by Gasteiger charge is 2.05. The summed E-state index contributed by atoms with van der Waals surface area (Å²) in [7, 11) is 0.596. The summed E-state index contributed by atoms with van der Waals surface area (Å²) in [6, 6.07) is 0. The van der Waals surface area contributed by atoms with Crippen molar-refractivity contribution in [2.75, 3.05) is 27.7 Å². The van der Waals surface area contributed by atoms with E-state index in [-0.39, 0.29) is 5.97 Å². The molecule has 0 unspecified atom stereocenters. The second kappa shape index (κ2) is 8.22. The standard InChI is InChI=1S/C8H15NO2.H2O4S/c1-7(8(10)11-4)5-6-9(2)3;1-5(2,3)4/h1,5-6H2,2-4H3;(H2,1,2,3,4). The van der Waals surface area contributed by atoms with E-state index >= 15 is 0 Å². The van der Waals surface area contributed by atoms with Crippen LogP contribution in [0.3, 0.4) is 0 Å². The van der Waals surface area contributed by atoms with Gasteiger partial charge in [0.15, 0.2) is 0 Å². The predicted octanol–water partition coefficient (Wildman–Crippen LogP) is 0.0145. The van der Waals surface area contributed by atoms with Gasteiger partial charge in [0.2, 0.25) is 0 Å². The van der Waals surface area contributed by atoms with Gasteiger partial charge in [-0.15, -0.1) is 0 Å². The fourth-order valence-electron chi connectivity index (χ4n) is 0.605. The first kappa shape index (κ1) is 17.4. The second-order valence-electron chi connectivity index (χ2n) is 3.10. The van der Waals surface area contributed by atoms with Crippen LogP contribution in [0.4, 0.5) is 0 Å². The Kier molecular flexibility index (Phi) is 8.96. The maximum absolute atomic E-state index is 10.8. The van der Waals surface area contributed by atoms with Crippen molar-refractivity contribution >= 4 is 16.4 Å². The molecular weight excluding hydrogens is 238 g/mol. The van der Waals surface area contributed by atoms with Crippen LogP contribution >= 0.6 is 0 Å². The summed E-state index contributed by atoms with van der Waals surface area (Å²) in [5.74, 6) is -0.313. The van der Waals surface area contributed by atoms with Gasteiger partial charge in [-0.2, -0.15) is 8.42 Å². The number of hydrogen-bond donors (Lipinski definition) is 2. The minimum absolute atomic E-state index is 0.313. The summed E-state index contributed by atoms with van der Waals surface area (Å²) in [6.45, 7) is 4.42. The zero-order valence-corrected chi connectivity index (χ0v) is 10.3. The SMILES string of the molecule is C=C(CCN(C)C)C(=O)OC.O=S(=O)(O)O. The van der Waals surface area contributed by atoms with Gasteiger partial charge in [0.25, 0.3) is 0 Å². The van der Waals surface area contributed by atoms with Crippen molar-refractivity contribution in [1.29, 1.82) is 0 Å². The molecule has 0 spiro atoms. The molecule has 0 aromatic carbocycles. The van der Waals surface area contributed by atoms with Gasteiger partial charge in [0, 0.05) is 12.1 Å². The van der Waals surface area contributed by atoms with E-state index in [9.17, 15) is 4.79 Å². The molecule has 0 bridgehead atoms. The van der Waals surface area contributed by atoms with E-state index in [1.54, 1.807) is 0 Å². The van der Waals surface area contributed by atoms with Gasteiger partial charge in [-0.3, -0.25) is 9.11 Å². The fourth-order valence-corrected chi connectivity index (χ4v) is 0.605. The molecule has 2 N–H and O–H groups in total. The van der Waals surface area contributed by atoms with E-state index < -0.39 is 10.4 Å². The number of rotatable bonds is 4. The molecule has 0 aliphatic rings. The van der Waals surface area contributed by atoms with Crippen molar-refractivity contribution in [2.24, 2.45) is 0 Å². The first-order chi connectivity index (χ1) is 7.07. The van der Waals surface area contributed by atoms with Crippen molar-refractivity contribution < 1.29 is 27.1 Å². The molecule has 16 heavy (non-hydrogen) atoms. The Balaban J connectivity index is 0. The van der Waals surface area contributed by atoms with Crippen molar-refractivity contribution in [3.63, 3.8) is 0 Å². The third-order valence-electron chi connectivity index (χ3n) is 1.33. The molecule has 0 amide bonds. The lowest BCUT2D eigenvalue weighted by molar-refractivity contribution is -0.136. The molecule has 0 atom stereocenters. The van der Waals surface area contributed by atoms with Crippen LogP contribution in [0.2, 0.25) is 0 Å². The van der Waals surface area contributed by atoms with Crippen molar-refractivity contribution in [1.82, 2.24) is 4.90 Å². The molecule has 0 saturated heterocycles. The summed E-state index contributed by atoms with van der Waals surface area (Å²) in [5.41, 5.74) is 0.529. The van der Waals surface area contributed by atoms with Crippen LogP contribution in [0.15, 0.2) is 12.2 Å². The van der Waals surface area contributed by atoms with Crippen LogP contribution < -0.4 is 0 Å². The average Bonchev–Trinajstić information content (AvgIpc) is 2.10. The van der Waals surface area contributed by atoms with Crippen molar-refractivity contribution in [3.8, 4) is 0 Å². The highest BCUT2D eigenvalue weighted by molar-refractivity contribution is 7.79. The molecule has 0 aliphatic carbocycles. The lowest BCUT2D eigenvalue weighted by Crippen LogP contribution is -2.16. The molecule has 0 rings (SSSR count). The number of esters is 1. The number of methoxy groups -OCH3 is 1. The Bertz CT molecular complexity index is 313. The third-order valence-corrected chi connectivity index (χ3v) is 1.33. The fraction of sp³-hybridized carbons (Fsp3) is 0.625. The van der Waals surface area contributed by atoms with Gasteiger partial charge in [0.1, 0.15) is 0 Å². The maximum Gasteiger partial charge on any atom is 0.394 e. The average molecular weight is 255 g/mol. The normalized spacial score (nSPS) is 10.4. The van der Waals surface area contributed by atoms with Crippen LogP contribution in [0.5, 0.6) is 0 Å². The van der Waals surface area contributed by atoms with E-state index in [0.29, 0.717) is 12.0 Å². The summed E-state index contributed by atoms with van der Waals surface area (Å²) in [4.78, 5) is 12.8. The molecule has 96 valence electrons. The monoisotopic (exact) mass is 255 g/mol. The highest BCUT2D eigenvalue weighted by Crippen LogP contribution is 2.00. The Morgan fingerprint density at radius 2 is 1.75 bits per heavy atom. The van der Waals surface area contributed by atoms with E-state index in [0.717, 1.165) is 6.54 Å². The Hall–Kier alpha value is -0.960. The molecule has 0 aliphatic heterocycles. The van der Waals surface area contributed by atoms with Gasteiger partial charge in [-0.25, -0.2) is 4.79 Å². The number of nitrogens with zero attached hydrogens (tertiary/aromatic N) is 1. The lowest BCUT2D eigenvalue weighted by atomic mass is 10.2. The summed E-state index contributed by atoms with van der Waals surface area (Å²) >= 11 is 0. The number of carbonyl (C=O) groups is 1. The first-order valence-corrected chi connectivity index (χ1v) is 5.58. The van der Waals surface area contributed by atoms with Gasteiger partial charge >= 0.3 is 16.4 Å². The quantitative estimate of drug-likeness (QED) is 0.414. The van der Waals surface area contributed by atoms with Crippen molar-refractivity contribution in [2.45, 2.75) is 6.42 Å².